The average Bonchev–Trinajstić information content (AvgIpc) is 2.34. The van der Waals surface area contributed by atoms with Crippen molar-refractivity contribution in [1.29, 1.82) is 0 Å². The van der Waals surface area contributed by atoms with Gasteiger partial charge in [-0.1, -0.05) is 11.6 Å². The van der Waals surface area contributed by atoms with Crippen molar-refractivity contribution >= 4 is 27.3 Å². The molecule has 9 heteroatoms. The molecule has 0 aromatic heterocycles. The molecule has 0 amide bonds. The van der Waals surface area contributed by atoms with Gasteiger partial charge in [0.1, 0.15) is 4.90 Å². The van der Waals surface area contributed by atoms with Gasteiger partial charge < -0.3 is 5.73 Å². The number of rotatable bonds is 6. The Hall–Kier alpha value is -1.22. The summed E-state index contributed by atoms with van der Waals surface area (Å²) < 4.78 is 26.2. The van der Waals surface area contributed by atoms with E-state index in [4.69, 9.17) is 17.3 Å². The lowest BCUT2D eigenvalue weighted by molar-refractivity contribution is -0.384. The van der Waals surface area contributed by atoms with Gasteiger partial charge in [-0.05, 0) is 19.9 Å². The lowest BCUT2D eigenvalue weighted by Crippen LogP contribution is -2.40. The van der Waals surface area contributed by atoms with Gasteiger partial charge >= 0.3 is 0 Å². The summed E-state index contributed by atoms with van der Waals surface area (Å²) in [4.78, 5) is 9.83. The Morgan fingerprint density at radius 3 is 2.45 bits per heavy atom. The smallest absolute Gasteiger partial charge is 0.271 e. The van der Waals surface area contributed by atoms with Crippen molar-refractivity contribution in [2.75, 3.05) is 13.1 Å². The predicted molar refractivity (Wildman–Crippen MR) is 76.2 cm³/mol. The lowest BCUT2D eigenvalue weighted by atomic mass is 10.3. The second kappa shape index (κ2) is 6.49. The molecular formula is C11H16ClN3O4S. The van der Waals surface area contributed by atoms with Crippen LogP contribution in [0.25, 0.3) is 0 Å². The minimum absolute atomic E-state index is 0.146. The zero-order chi connectivity index (χ0) is 15.5. The zero-order valence-electron chi connectivity index (χ0n) is 11.1. The number of nitro benzene ring substituents is 1. The van der Waals surface area contributed by atoms with Crippen LogP contribution >= 0.6 is 11.6 Å². The van der Waals surface area contributed by atoms with E-state index in [0.717, 1.165) is 18.2 Å². The first-order valence-electron chi connectivity index (χ1n) is 5.87. The monoisotopic (exact) mass is 321 g/mol. The fourth-order valence-electron chi connectivity index (χ4n) is 1.72. The van der Waals surface area contributed by atoms with Gasteiger partial charge in [0.2, 0.25) is 10.0 Å². The zero-order valence-corrected chi connectivity index (χ0v) is 12.7. The number of hydrogen-bond donors (Lipinski definition) is 1. The van der Waals surface area contributed by atoms with Crippen LogP contribution in [0.5, 0.6) is 0 Å². The molecule has 0 spiro atoms. The molecule has 0 aliphatic carbocycles. The average molecular weight is 322 g/mol. The molecule has 0 unspecified atom stereocenters. The summed E-state index contributed by atoms with van der Waals surface area (Å²) in [6, 6.07) is 2.98. The Bertz CT molecular complexity index is 604. The van der Waals surface area contributed by atoms with Crippen LogP contribution in [0.1, 0.15) is 13.8 Å². The normalized spacial score (nSPS) is 12.1. The lowest BCUT2D eigenvalue weighted by Gasteiger charge is -2.25. The first-order valence-corrected chi connectivity index (χ1v) is 7.69. The minimum Gasteiger partial charge on any atom is -0.329 e. The molecule has 1 rings (SSSR count). The molecule has 0 aliphatic rings. The maximum absolute atomic E-state index is 12.5. The van der Waals surface area contributed by atoms with Gasteiger partial charge in [-0.15, -0.1) is 0 Å². The summed E-state index contributed by atoms with van der Waals surface area (Å²) in [5.74, 6) is 0. The maximum atomic E-state index is 12.5. The van der Waals surface area contributed by atoms with Gasteiger partial charge in [-0.25, -0.2) is 8.42 Å². The number of nitrogens with two attached hydrogens (primary N) is 1. The number of nitro groups is 1. The molecule has 2 N–H and O–H groups in total. The summed E-state index contributed by atoms with van der Waals surface area (Å²) in [5, 5.41) is 10.5. The fourth-order valence-corrected chi connectivity index (χ4v) is 3.89. The van der Waals surface area contributed by atoms with Gasteiger partial charge in [0, 0.05) is 31.3 Å². The highest BCUT2D eigenvalue weighted by molar-refractivity contribution is 7.89. The van der Waals surface area contributed by atoms with Crippen LogP contribution in [0.2, 0.25) is 5.02 Å². The largest absolute Gasteiger partial charge is 0.329 e. The molecule has 0 saturated heterocycles. The third kappa shape index (κ3) is 3.45. The molecular weight excluding hydrogens is 306 g/mol. The molecule has 7 nitrogen and oxygen atoms in total. The molecule has 0 bridgehead atoms. The van der Waals surface area contributed by atoms with Crippen molar-refractivity contribution in [2.45, 2.75) is 24.8 Å². The third-order valence-corrected chi connectivity index (χ3v) is 5.20. The SMILES string of the molecule is CC(C)N(CCN)S(=O)(=O)c1ccc([N+](=O)[O-])cc1Cl. The Labute approximate surface area is 122 Å². The summed E-state index contributed by atoms with van der Waals surface area (Å²) in [5.41, 5.74) is 5.16. The van der Waals surface area contributed by atoms with Crippen molar-refractivity contribution in [3.05, 3.63) is 33.3 Å². The number of benzene rings is 1. The van der Waals surface area contributed by atoms with E-state index in [1.807, 2.05) is 0 Å². The molecule has 0 atom stereocenters. The van der Waals surface area contributed by atoms with E-state index in [-0.39, 0.29) is 34.7 Å². The van der Waals surface area contributed by atoms with E-state index in [1.54, 1.807) is 13.8 Å². The summed E-state index contributed by atoms with van der Waals surface area (Å²) >= 11 is 5.87. The highest BCUT2D eigenvalue weighted by Gasteiger charge is 2.29. The molecule has 0 saturated carbocycles. The molecule has 0 radical (unpaired) electrons. The Balaban J connectivity index is 3.31. The van der Waals surface area contributed by atoms with Gasteiger partial charge in [-0.3, -0.25) is 10.1 Å². The second-order valence-corrected chi connectivity index (χ2v) is 6.64. The number of sulfonamides is 1. The highest BCUT2D eigenvalue weighted by Crippen LogP contribution is 2.29. The highest BCUT2D eigenvalue weighted by atomic mass is 35.5. The Morgan fingerprint density at radius 2 is 2.05 bits per heavy atom. The maximum Gasteiger partial charge on any atom is 0.271 e. The molecule has 0 heterocycles. The third-order valence-electron chi connectivity index (χ3n) is 2.64. The topological polar surface area (TPSA) is 107 Å². The molecule has 20 heavy (non-hydrogen) atoms. The molecule has 1 aromatic carbocycles. The van der Waals surface area contributed by atoms with E-state index in [9.17, 15) is 18.5 Å². The first-order chi connectivity index (χ1) is 9.21. The Kier molecular flexibility index (Phi) is 5.46. The second-order valence-electron chi connectivity index (χ2n) is 4.37. The van der Waals surface area contributed by atoms with Crippen LogP contribution in [0, 0.1) is 10.1 Å². The van der Waals surface area contributed by atoms with Crippen LogP contribution < -0.4 is 5.73 Å². The van der Waals surface area contributed by atoms with Crippen LogP contribution in [0.3, 0.4) is 0 Å². The van der Waals surface area contributed by atoms with E-state index >= 15 is 0 Å². The first kappa shape index (κ1) is 16.8. The standard InChI is InChI=1S/C11H16ClN3O4S/c1-8(2)14(6-5-13)20(18,19)11-4-3-9(15(16)17)7-10(11)12/h3-4,7-8H,5-6,13H2,1-2H3. The summed E-state index contributed by atoms with van der Waals surface area (Å²) in [6.07, 6.45) is 0. The number of halogens is 1. The van der Waals surface area contributed by atoms with Gasteiger partial charge in [0.25, 0.3) is 5.69 Å². The molecule has 0 fully saturated rings. The number of non-ortho nitro benzene ring substituents is 1. The van der Waals surface area contributed by atoms with E-state index < -0.39 is 14.9 Å². The summed E-state index contributed by atoms with van der Waals surface area (Å²) in [6.45, 7) is 3.74. The van der Waals surface area contributed by atoms with Crippen LogP contribution in [-0.2, 0) is 10.0 Å². The van der Waals surface area contributed by atoms with Crippen LogP contribution in [0.15, 0.2) is 23.1 Å². The molecule has 1 aromatic rings. The van der Waals surface area contributed by atoms with E-state index in [1.165, 1.54) is 4.31 Å². The predicted octanol–water partition coefficient (Wildman–Crippen LogP) is 1.61. The summed E-state index contributed by atoms with van der Waals surface area (Å²) in [7, 11) is -3.84. The quantitative estimate of drug-likeness (QED) is 0.632. The van der Waals surface area contributed by atoms with Crippen LogP contribution in [-0.4, -0.2) is 36.8 Å². The van der Waals surface area contributed by atoms with Gasteiger partial charge in [0.15, 0.2) is 0 Å². The Morgan fingerprint density at radius 1 is 1.45 bits per heavy atom. The van der Waals surface area contributed by atoms with Crippen molar-refractivity contribution in [3.8, 4) is 0 Å². The van der Waals surface area contributed by atoms with Crippen molar-refractivity contribution < 1.29 is 13.3 Å². The van der Waals surface area contributed by atoms with Crippen LogP contribution in [0.4, 0.5) is 5.69 Å². The van der Waals surface area contributed by atoms with Crippen molar-refractivity contribution in [1.82, 2.24) is 4.31 Å². The fraction of sp³-hybridized carbons (Fsp3) is 0.455. The minimum atomic E-state index is -3.84. The van der Waals surface area contributed by atoms with Crippen molar-refractivity contribution in [3.63, 3.8) is 0 Å². The number of hydrogen-bond acceptors (Lipinski definition) is 5. The number of nitrogens with zero attached hydrogens (tertiary/aromatic N) is 2. The van der Waals surface area contributed by atoms with E-state index in [2.05, 4.69) is 0 Å². The molecule has 0 aliphatic heterocycles. The van der Waals surface area contributed by atoms with E-state index in [0.29, 0.717) is 0 Å². The van der Waals surface area contributed by atoms with Gasteiger partial charge in [0.05, 0.1) is 9.95 Å². The van der Waals surface area contributed by atoms with Crippen molar-refractivity contribution in [2.24, 2.45) is 5.73 Å². The molecule has 112 valence electrons. The van der Waals surface area contributed by atoms with Gasteiger partial charge in [-0.2, -0.15) is 4.31 Å².